The molecule has 0 aliphatic carbocycles. The third kappa shape index (κ3) is 1.84. The van der Waals surface area contributed by atoms with Crippen LogP contribution < -0.4 is 0 Å². The first-order valence-electron chi connectivity index (χ1n) is 3.55. The van der Waals surface area contributed by atoms with Gasteiger partial charge in [-0.1, -0.05) is 0 Å². The summed E-state index contributed by atoms with van der Waals surface area (Å²) in [6.45, 7) is 0.608. The zero-order valence-electron chi connectivity index (χ0n) is 6.38. The van der Waals surface area contributed by atoms with E-state index in [9.17, 15) is 4.79 Å². The topological polar surface area (TPSA) is 35.5 Å². The molecule has 1 saturated heterocycles. The summed E-state index contributed by atoms with van der Waals surface area (Å²) in [5, 5.41) is 0. The molecule has 0 aromatic rings. The molecule has 11 heavy (non-hydrogen) atoms. The Labute approximate surface area is 70.6 Å². The first-order chi connectivity index (χ1) is 5.29. The van der Waals surface area contributed by atoms with E-state index in [-0.39, 0.29) is 11.9 Å². The zero-order chi connectivity index (χ0) is 8.27. The molecule has 0 aromatic heterocycles. The fourth-order valence-corrected chi connectivity index (χ4v) is 1.48. The molecule has 1 rings (SSSR count). The third-order valence-corrected chi connectivity index (χ3v) is 2.24. The molecule has 0 aromatic carbocycles. The van der Waals surface area contributed by atoms with Gasteiger partial charge in [-0.15, -0.1) is 11.6 Å². The van der Waals surface area contributed by atoms with Gasteiger partial charge >= 0.3 is 5.97 Å². The number of carbonyl (C=O) groups is 1. The minimum Gasteiger partial charge on any atom is -0.467 e. The predicted octanol–water partition coefficient (Wildman–Crippen LogP) is 0.803. The molecule has 0 N–H and O–H groups in total. The molecule has 1 fully saturated rings. The van der Waals surface area contributed by atoms with Gasteiger partial charge in [-0.05, 0) is 6.42 Å². The highest BCUT2D eigenvalue weighted by atomic mass is 35.5. The molecule has 0 saturated carbocycles. The van der Waals surface area contributed by atoms with Crippen molar-refractivity contribution in [1.82, 2.24) is 0 Å². The van der Waals surface area contributed by atoms with Crippen molar-refractivity contribution in [3.8, 4) is 0 Å². The van der Waals surface area contributed by atoms with Gasteiger partial charge in [0.1, 0.15) is 0 Å². The Bertz CT molecular complexity index is 149. The van der Waals surface area contributed by atoms with E-state index < -0.39 is 6.10 Å². The molecular weight excluding hydrogens is 168 g/mol. The fourth-order valence-electron chi connectivity index (χ4n) is 1.17. The van der Waals surface area contributed by atoms with Gasteiger partial charge in [-0.3, -0.25) is 0 Å². The average molecular weight is 179 g/mol. The van der Waals surface area contributed by atoms with Crippen molar-refractivity contribution in [1.29, 1.82) is 0 Å². The summed E-state index contributed by atoms with van der Waals surface area (Å²) >= 11 is 5.62. The van der Waals surface area contributed by atoms with Crippen molar-refractivity contribution in [2.45, 2.75) is 12.5 Å². The van der Waals surface area contributed by atoms with E-state index in [2.05, 4.69) is 4.74 Å². The molecule has 2 atom stereocenters. The van der Waals surface area contributed by atoms with Crippen LogP contribution in [0.5, 0.6) is 0 Å². The highest BCUT2D eigenvalue weighted by Crippen LogP contribution is 2.22. The smallest absolute Gasteiger partial charge is 0.335 e. The second-order valence-corrected chi connectivity index (χ2v) is 2.83. The standard InChI is InChI=1S/C7H11ClO3/c1-10-7(9)6-5(4-8)2-3-11-6/h5-6H,2-4H2,1H3/t5-,6+/m0/s1. The van der Waals surface area contributed by atoms with Gasteiger partial charge in [0, 0.05) is 18.4 Å². The van der Waals surface area contributed by atoms with E-state index in [1.165, 1.54) is 7.11 Å². The summed E-state index contributed by atoms with van der Waals surface area (Å²) in [5.41, 5.74) is 0. The Balaban J connectivity index is 2.49. The van der Waals surface area contributed by atoms with Crippen molar-refractivity contribution < 1.29 is 14.3 Å². The predicted molar refractivity (Wildman–Crippen MR) is 40.6 cm³/mol. The van der Waals surface area contributed by atoms with Crippen molar-refractivity contribution in [3.05, 3.63) is 0 Å². The average Bonchev–Trinajstić information content (AvgIpc) is 2.50. The lowest BCUT2D eigenvalue weighted by Gasteiger charge is -2.12. The van der Waals surface area contributed by atoms with Crippen molar-refractivity contribution in [3.63, 3.8) is 0 Å². The molecule has 0 bridgehead atoms. The molecule has 0 unspecified atom stereocenters. The number of ether oxygens (including phenoxy) is 2. The van der Waals surface area contributed by atoms with Crippen LogP contribution in [0.15, 0.2) is 0 Å². The van der Waals surface area contributed by atoms with E-state index in [4.69, 9.17) is 16.3 Å². The second-order valence-electron chi connectivity index (χ2n) is 2.52. The molecule has 1 aliphatic heterocycles. The number of halogens is 1. The normalized spacial score (nSPS) is 30.4. The summed E-state index contributed by atoms with van der Waals surface area (Å²) in [4.78, 5) is 11.0. The Kier molecular flexibility index (Phi) is 3.15. The van der Waals surface area contributed by atoms with Gasteiger partial charge in [0.15, 0.2) is 6.10 Å². The zero-order valence-corrected chi connectivity index (χ0v) is 7.13. The van der Waals surface area contributed by atoms with Crippen LogP contribution in [0.3, 0.4) is 0 Å². The van der Waals surface area contributed by atoms with E-state index in [1.54, 1.807) is 0 Å². The first kappa shape index (κ1) is 8.81. The van der Waals surface area contributed by atoms with Crippen LogP contribution in [0.1, 0.15) is 6.42 Å². The summed E-state index contributed by atoms with van der Waals surface area (Å²) in [6, 6.07) is 0. The Morgan fingerprint density at radius 1 is 1.82 bits per heavy atom. The number of methoxy groups -OCH3 is 1. The van der Waals surface area contributed by atoms with Gasteiger partial charge in [-0.25, -0.2) is 4.79 Å². The largest absolute Gasteiger partial charge is 0.467 e. The van der Waals surface area contributed by atoms with Gasteiger partial charge in [0.05, 0.1) is 7.11 Å². The maximum absolute atomic E-state index is 11.0. The molecule has 0 spiro atoms. The molecule has 4 heteroatoms. The minimum atomic E-state index is -0.433. The van der Waals surface area contributed by atoms with E-state index in [1.807, 2.05) is 0 Å². The Hall–Kier alpha value is -0.280. The third-order valence-electron chi connectivity index (χ3n) is 1.85. The van der Waals surface area contributed by atoms with Crippen LogP contribution >= 0.6 is 11.6 Å². The number of alkyl halides is 1. The molecular formula is C7H11ClO3. The van der Waals surface area contributed by atoms with Crippen molar-refractivity contribution in [2.75, 3.05) is 19.6 Å². The summed E-state index contributed by atoms with van der Waals surface area (Å²) < 4.78 is 9.69. The van der Waals surface area contributed by atoms with Crippen LogP contribution in [-0.2, 0) is 14.3 Å². The number of esters is 1. The lowest BCUT2D eigenvalue weighted by atomic mass is 10.0. The van der Waals surface area contributed by atoms with Crippen LogP contribution in [-0.4, -0.2) is 31.7 Å². The van der Waals surface area contributed by atoms with Crippen molar-refractivity contribution >= 4 is 17.6 Å². The quantitative estimate of drug-likeness (QED) is 0.464. The molecule has 1 aliphatic rings. The fraction of sp³-hybridized carbons (Fsp3) is 0.857. The lowest BCUT2D eigenvalue weighted by Crippen LogP contribution is -2.28. The highest BCUT2D eigenvalue weighted by Gasteiger charge is 2.34. The van der Waals surface area contributed by atoms with Gasteiger partial charge in [-0.2, -0.15) is 0 Å². The minimum absolute atomic E-state index is 0.129. The van der Waals surface area contributed by atoms with Crippen molar-refractivity contribution in [2.24, 2.45) is 5.92 Å². The molecule has 0 amide bonds. The van der Waals surface area contributed by atoms with E-state index in [0.29, 0.717) is 12.5 Å². The lowest BCUT2D eigenvalue weighted by molar-refractivity contribution is -0.152. The Morgan fingerprint density at radius 2 is 2.55 bits per heavy atom. The van der Waals surface area contributed by atoms with Crippen LogP contribution in [0.4, 0.5) is 0 Å². The second kappa shape index (κ2) is 3.93. The van der Waals surface area contributed by atoms with Gasteiger partial charge < -0.3 is 9.47 Å². The molecule has 3 nitrogen and oxygen atoms in total. The molecule has 1 heterocycles. The number of carbonyl (C=O) groups excluding carboxylic acids is 1. The summed E-state index contributed by atoms with van der Waals surface area (Å²) in [7, 11) is 1.36. The van der Waals surface area contributed by atoms with Crippen LogP contribution in [0.2, 0.25) is 0 Å². The first-order valence-corrected chi connectivity index (χ1v) is 4.08. The van der Waals surface area contributed by atoms with Gasteiger partial charge in [0.25, 0.3) is 0 Å². The SMILES string of the molecule is COC(=O)[C@@H]1OCC[C@H]1CCl. The maximum atomic E-state index is 11.0. The Morgan fingerprint density at radius 3 is 3.09 bits per heavy atom. The van der Waals surface area contributed by atoms with E-state index in [0.717, 1.165) is 6.42 Å². The number of rotatable bonds is 2. The monoisotopic (exact) mass is 178 g/mol. The number of hydrogen-bond donors (Lipinski definition) is 0. The van der Waals surface area contributed by atoms with Crippen LogP contribution in [0, 0.1) is 5.92 Å². The van der Waals surface area contributed by atoms with Crippen LogP contribution in [0.25, 0.3) is 0 Å². The highest BCUT2D eigenvalue weighted by molar-refractivity contribution is 6.18. The van der Waals surface area contributed by atoms with E-state index >= 15 is 0 Å². The maximum Gasteiger partial charge on any atom is 0.335 e. The summed E-state index contributed by atoms with van der Waals surface area (Å²) in [6.07, 6.45) is 0.418. The molecule has 64 valence electrons. The molecule has 0 radical (unpaired) electrons. The number of hydrogen-bond acceptors (Lipinski definition) is 3. The summed E-state index contributed by atoms with van der Waals surface area (Å²) in [5.74, 6) is 0.275. The van der Waals surface area contributed by atoms with Gasteiger partial charge in [0.2, 0.25) is 0 Å².